The van der Waals surface area contributed by atoms with Crippen LogP contribution in [0.5, 0.6) is 0 Å². The first-order valence-corrected chi connectivity index (χ1v) is 9.34. The van der Waals surface area contributed by atoms with Gasteiger partial charge in [-0.1, -0.05) is 0 Å². The van der Waals surface area contributed by atoms with Crippen molar-refractivity contribution in [2.75, 3.05) is 5.32 Å². The SMILES string of the molecule is Cc1sc(NC(=O)c2cnn(-c3ccncc3)c2C)nc1-c1ccc(F)cc1. The summed E-state index contributed by atoms with van der Waals surface area (Å²) in [6.45, 7) is 3.75. The third-order valence-corrected chi connectivity index (χ3v) is 5.18. The molecule has 0 spiro atoms. The van der Waals surface area contributed by atoms with Crippen LogP contribution in [-0.4, -0.2) is 25.7 Å². The molecule has 8 heteroatoms. The van der Waals surface area contributed by atoms with Crippen LogP contribution in [0.15, 0.2) is 55.0 Å². The fourth-order valence-electron chi connectivity index (χ4n) is 2.87. The molecule has 0 saturated heterocycles. The first-order valence-electron chi connectivity index (χ1n) is 8.52. The number of nitrogens with zero attached hydrogens (tertiary/aromatic N) is 4. The van der Waals surface area contributed by atoms with Gasteiger partial charge >= 0.3 is 0 Å². The number of amides is 1. The van der Waals surface area contributed by atoms with Crippen molar-refractivity contribution in [3.63, 3.8) is 0 Å². The molecule has 0 aliphatic carbocycles. The third-order valence-electron chi connectivity index (χ3n) is 4.30. The van der Waals surface area contributed by atoms with Crippen LogP contribution < -0.4 is 5.32 Å². The molecule has 3 aromatic heterocycles. The van der Waals surface area contributed by atoms with Crippen LogP contribution in [-0.2, 0) is 0 Å². The molecule has 4 aromatic rings. The highest BCUT2D eigenvalue weighted by Crippen LogP contribution is 2.30. The predicted molar refractivity (Wildman–Crippen MR) is 106 cm³/mol. The van der Waals surface area contributed by atoms with Crippen molar-refractivity contribution in [2.45, 2.75) is 13.8 Å². The van der Waals surface area contributed by atoms with E-state index in [-0.39, 0.29) is 11.7 Å². The Balaban J connectivity index is 1.57. The number of hydrogen-bond donors (Lipinski definition) is 1. The highest BCUT2D eigenvalue weighted by molar-refractivity contribution is 7.16. The summed E-state index contributed by atoms with van der Waals surface area (Å²) < 4.78 is 14.8. The molecule has 6 nitrogen and oxygen atoms in total. The van der Waals surface area contributed by atoms with Crippen LogP contribution in [0.4, 0.5) is 9.52 Å². The lowest BCUT2D eigenvalue weighted by atomic mass is 10.1. The Morgan fingerprint density at radius 2 is 1.82 bits per heavy atom. The molecular weight excluding hydrogens is 377 g/mol. The Labute approximate surface area is 164 Å². The zero-order chi connectivity index (χ0) is 19.7. The lowest BCUT2D eigenvalue weighted by Crippen LogP contribution is -2.13. The standard InChI is InChI=1S/C20H16FN5OS/c1-12-17(11-23-26(12)16-7-9-22-10-8-16)19(27)25-20-24-18(13(2)28-20)14-3-5-15(21)6-4-14/h3-11H,1-2H3,(H,24,25,27). The molecule has 1 aromatic carbocycles. The minimum Gasteiger partial charge on any atom is -0.298 e. The summed E-state index contributed by atoms with van der Waals surface area (Å²) in [5.41, 5.74) is 3.54. The summed E-state index contributed by atoms with van der Waals surface area (Å²) in [7, 11) is 0. The number of hydrogen-bond acceptors (Lipinski definition) is 5. The van der Waals surface area contributed by atoms with Gasteiger partial charge in [-0.25, -0.2) is 14.1 Å². The maximum Gasteiger partial charge on any atom is 0.260 e. The molecule has 0 atom stereocenters. The zero-order valence-electron chi connectivity index (χ0n) is 15.2. The zero-order valence-corrected chi connectivity index (χ0v) is 16.0. The molecule has 0 saturated carbocycles. The van der Waals surface area contributed by atoms with Crippen molar-refractivity contribution in [1.29, 1.82) is 0 Å². The minimum absolute atomic E-state index is 0.280. The highest BCUT2D eigenvalue weighted by atomic mass is 32.1. The molecule has 3 heterocycles. The molecule has 0 radical (unpaired) electrons. The van der Waals surface area contributed by atoms with Crippen molar-refractivity contribution in [3.05, 3.63) is 76.9 Å². The summed E-state index contributed by atoms with van der Waals surface area (Å²) in [5, 5.41) is 7.62. The van der Waals surface area contributed by atoms with E-state index in [1.165, 1.54) is 29.7 Å². The molecule has 0 bridgehead atoms. The number of nitrogens with one attached hydrogen (secondary N) is 1. The lowest BCUT2D eigenvalue weighted by Gasteiger charge is -2.05. The molecule has 4 rings (SSSR count). The van der Waals surface area contributed by atoms with Gasteiger partial charge in [0.15, 0.2) is 5.13 Å². The van der Waals surface area contributed by atoms with E-state index in [2.05, 4.69) is 20.4 Å². The van der Waals surface area contributed by atoms with Gasteiger partial charge in [-0.2, -0.15) is 5.10 Å². The summed E-state index contributed by atoms with van der Waals surface area (Å²) in [5.74, 6) is -0.580. The van der Waals surface area contributed by atoms with E-state index < -0.39 is 0 Å². The monoisotopic (exact) mass is 393 g/mol. The van der Waals surface area contributed by atoms with Gasteiger partial charge < -0.3 is 0 Å². The van der Waals surface area contributed by atoms with Crippen LogP contribution in [0.2, 0.25) is 0 Å². The average Bonchev–Trinajstić information content (AvgIpc) is 3.25. The number of thiazole rings is 1. The smallest absolute Gasteiger partial charge is 0.260 e. The summed E-state index contributed by atoms with van der Waals surface area (Å²) in [6.07, 6.45) is 4.88. The topological polar surface area (TPSA) is 72.7 Å². The summed E-state index contributed by atoms with van der Waals surface area (Å²) in [4.78, 5) is 22.1. The van der Waals surface area contributed by atoms with Gasteiger partial charge in [0.1, 0.15) is 5.82 Å². The number of halogens is 1. The van der Waals surface area contributed by atoms with E-state index in [0.29, 0.717) is 10.7 Å². The van der Waals surface area contributed by atoms with Gasteiger partial charge in [0.05, 0.1) is 28.8 Å². The number of pyridine rings is 1. The lowest BCUT2D eigenvalue weighted by molar-refractivity contribution is 0.102. The summed E-state index contributed by atoms with van der Waals surface area (Å²) >= 11 is 1.37. The van der Waals surface area contributed by atoms with Gasteiger partial charge in [0.25, 0.3) is 5.91 Å². The molecule has 28 heavy (non-hydrogen) atoms. The van der Waals surface area contributed by atoms with E-state index in [1.807, 2.05) is 26.0 Å². The minimum atomic E-state index is -0.299. The van der Waals surface area contributed by atoms with Gasteiger partial charge in [0.2, 0.25) is 0 Å². The van der Waals surface area contributed by atoms with E-state index in [4.69, 9.17) is 0 Å². The molecule has 1 amide bonds. The molecule has 0 unspecified atom stereocenters. The van der Waals surface area contributed by atoms with Gasteiger partial charge in [-0.05, 0) is 50.2 Å². The number of benzene rings is 1. The average molecular weight is 393 g/mol. The second-order valence-corrected chi connectivity index (χ2v) is 7.35. The maximum absolute atomic E-state index is 13.1. The van der Waals surface area contributed by atoms with Crippen LogP contribution >= 0.6 is 11.3 Å². The Morgan fingerprint density at radius 1 is 1.11 bits per heavy atom. The van der Waals surface area contributed by atoms with Gasteiger partial charge in [0, 0.05) is 22.8 Å². The van der Waals surface area contributed by atoms with Crippen molar-refractivity contribution in [1.82, 2.24) is 19.7 Å². The molecule has 0 aliphatic rings. The number of aromatic nitrogens is 4. The number of anilines is 1. The molecular formula is C20H16FN5OS. The second kappa shape index (κ2) is 7.32. The number of carbonyl (C=O) groups is 1. The molecule has 0 aliphatic heterocycles. The highest BCUT2D eigenvalue weighted by Gasteiger charge is 2.18. The first-order chi connectivity index (χ1) is 13.5. The van der Waals surface area contributed by atoms with Crippen molar-refractivity contribution in [2.24, 2.45) is 0 Å². The third kappa shape index (κ3) is 3.41. The molecule has 1 N–H and O–H groups in total. The van der Waals surface area contributed by atoms with Crippen molar-refractivity contribution >= 4 is 22.4 Å². The quantitative estimate of drug-likeness (QED) is 0.558. The van der Waals surface area contributed by atoms with E-state index >= 15 is 0 Å². The van der Waals surface area contributed by atoms with E-state index in [1.54, 1.807) is 29.2 Å². The Hall–Kier alpha value is -3.39. The van der Waals surface area contributed by atoms with E-state index in [9.17, 15) is 9.18 Å². The fraction of sp³-hybridized carbons (Fsp3) is 0.100. The number of carbonyl (C=O) groups excluding carboxylic acids is 1. The summed E-state index contributed by atoms with van der Waals surface area (Å²) in [6, 6.07) is 9.77. The Kier molecular flexibility index (Phi) is 4.70. The maximum atomic E-state index is 13.1. The Bertz CT molecular complexity index is 1140. The molecule has 0 fully saturated rings. The van der Waals surface area contributed by atoms with Gasteiger partial charge in [-0.3, -0.25) is 15.1 Å². The fourth-order valence-corrected chi connectivity index (χ4v) is 3.70. The van der Waals surface area contributed by atoms with Crippen molar-refractivity contribution < 1.29 is 9.18 Å². The van der Waals surface area contributed by atoms with E-state index in [0.717, 1.165) is 27.5 Å². The van der Waals surface area contributed by atoms with Crippen molar-refractivity contribution in [3.8, 4) is 16.9 Å². The first kappa shape index (κ1) is 18.0. The normalized spacial score (nSPS) is 10.8. The predicted octanol–water partition coefficient (Wildman–Crippen LogP) is 4.40. The van der Waals surface area contributed by atoms with Gasteiger partial charge in [-0.15, -0.1) is 11.3 Å². The Morgan fingerprint density at radius 3 is 2.54 bits per heavy atom. The number of aryl methyl sites for hydroxylation is 1. The second-order valence-electron chi connectivity index (χ2n) is 6.15. The number of rotatable bonds is 4. The van der Waals surface area contributed by atoms with Crippen LogP contribution in [0.1, 0.15) is 20.9 Å². The van der Waals surface area contributed by atoms with Crippen LogP contribution in [0.25, 0.3) is 16.9 Å². The molecule has 140 valence electrons. The largest absolute Gasteiger partial charge is 0.298 e. The van der Waals surface area contributed by atoms with Crippen LogP contribution in [0.3, 0.4) is 0 Å². The van der Waals surface area contributed by atoms with Crippen LogP contribution in [0, 0.1) is 19.7 Å².